The third-order valence-electron chi connectivity index (χ3n) is 2.63. The molecule has 0 aliphatic carbocycles. The van der Waals surface area contributed by atoms with E-state index in [1.54, 1.807) is 12.1 Å². The van der Waals surface area contributed by atoms with E-state index in [1.165, 1.54) is 17.4 Å². The van der Waals surface area contributed by atoms with Gasteiger partial charge in [0.1, 0.15) is 5.75 Å². The van der Waals surface area contributed by atoms with Gasteiger partial charge in [0.15, 0.2) is 6.61 Å². The van der Waals surface area contributed by atoms with E-state index in [1.807, 2.05) is 42.6 Å². The van der Waals surface area contributed by atoms with Crippen LogP contribution < -0.4 is 15.6 Å². The van der Waals surface area contributed by atoms with Crippen LogP contribution >= 0.6 is 11.3 Å². The van der Waals surface area contributed by atoms with Crippen molar-refractivity contribution in [3.05, 3.63) is 58.3 Å². The van der Waals surface area contributed by atoms with Crippen LogP contribution in [0.5, 0.6) is 5.75 Å². The van der Waals surface area contributed by atoms with Crippen molar-refractivity contribution in [2.45, 2.75) is 6.92 Å². The topological polar surface area (TPSA) is 67.4 Å². The number of hydrazine groups is 1. The van der Waals surface area contributed by atoms with Gasteiger partial charge < -0.3 is 4.74 Å². The van der Waals surface area contributed by atoms with E-state index < -0.39 is 11.8 Å². The van der Waals surface area contributed by atoms with Gasteiger partial charge in [-0.25, -0.2) is 0 Å². The van der Waals surface area contributed by atoms with E-state index in [4.69, 9.17) is 4.74 Å². The van der Waals surface area contributed by atoms with Crippen LogP contribution in [0.2, 0.25) is 0 Å². The van der Waals surface area contributed by atoms with E-state index in [2.05, 4.69) is 10.9 Å². The van der Waals surface area contributed by atoms with E-state index in [0.717, 1.165) is 10.4 Å². The second-order valence-electron chi connectivity index (χ2n) is 4.49. The Balaban J connectivity index is 1.70. The largest absolute Gasteiger partial charge is 0.484 e. The van der Waals surface area contributed by atoms with Gasteiger partial charge in [0.2, 0.25) is 0 Å². The average molecular weight is 316 g/mol. The number of rotatable bonds is 5. The smallest absolute Gasteiger partial charge is 0.276 e. The molecule has 0 saturated heterocycles. The molecule has 0 spiro atoms. The molecule has 5 nitrogen and oxygen atoms in total. The minimum absolute atomic E-state index is 0.168. The van der Waals surface area contributed by atoms with E-state index in [9.17, 15) is 9.59 Å². The quantitative estimate of drug-likeness (QED) is 0.657. The second-order valence-corrected chi connectivity index (χ2v) is 5.47. The molecule has 0 unspecified atom stereocenters. The molecule has 0 radical (unpaired) electrons. The molecule has 0 saturated carbocycles. The summed E-state index contributed by atoms with van der Waals surface area (Å²) in [4.78, 5) is 24.0. The fourth-order valence-electron chi connectivity index (χ4n) is 1.61. The standard InChI is InChI=1S/C16H16N2O3S/c1-12-4-2-5-13(10-12)21-11-16(20)18-17-15(19)8-7-14-6-3-9-22-14/h2-10H,11H2,1H3,(H,17,19)(H,18,20)/b8-7+. The SMILES string of the molecule is Cc1cccc(OCC(=O)NNC(=O)/C=C/c2cccs2)c1. The average Bonchev–Trinajstić information content (AvgIpc) is 3.02. The maximum Gasteiger partial charge on any atom is 0.276 e. The number of carbonyl (C=O) groups excluding carboxylic acids is 2. The first-order valence-electron chi connectivity index (χ1n) is 6.63. The van der Waals surface area contributed by atoms with Gasteiger partial charge in [-0.1, -0.05) is 18.2 Å². The molecule has 0 fully saturated rings. The molecule has 1 heterocycles. The molecule has 22 heavy (non-hydrogen) atoms. The van der Waals surface area contributed by atoms with Crippen LogP contribution in [0.3, 0.4) is 0 Å². The van der Waals surface area contributed by atoms with Crippen molar-refractivity contribution in [3.63, 3.8) is 0 Å². The number of carbonyl (C=O) groups is 2. The van der Waals surface area contributed by atoms with Crippen LogP contribution in [0.1, 0.15) is 10.4 Å². The fraction of sp³-hybridized carbons (Fsp3) is 0.125. The molecule has 2 N–H and O–H groups in total. The van der Waals surface area contributed by atoms with Crippen LogP contribution in [0.4, 0.5) is 0 Å². The lowest BCUT2D eigenvalue weighted by Gasteiger charge is -2.07. The van der Waals surface area contributed by atoms with Gasteiger partial charge in [0.25, 0.3) is 11.8 Å². The molecule has 0 atom stereocenters. The number of thiophene rings is 1. The number of benzene rings is 1. The highest BCUT2D eigenvalue weighted by atomic mass is 32.1. The van der Waals surface area contributed by atoms with Crippen molar-refractivity contribution >= 4 is 29.2 Å². The highest BCUT2D eigenvalue weighted by molar-refractivity contribution is 7.10. The van der Waals surface area contributed by atoms with E-state index in [-0.39, 0.29) is 6.61 Å². The maximum absolute atomic E-state index is 11.6. The summed E-state index contributed by atoms with van der Waals surface area (Å²) in [7, 11) is 0. The lowest BCUT2D eigenvalue weighted by molar-refractivity contribution is -0.128. The van der Waals surface area contributed by atoms with Gasteiger partial charge in [0, 0.05) is 11.0 Å². The van der Waals surface area contributed by atoms with Gasteiger partial charge in [0.05, 0.1) is 0 Å². The summed E-state index contributed by atoms with van der Waals surface area (Å²) in [6, 6.07) is 11.2. The summed E-state index contributed by atoms with van der Waals surface area (Å²) < 4.78 is 5.32. The first-order valence-corrected chi connectivity index (χ1v) is 7.51. The molecule has 114 valence electrons. The summed E-state index contributed by atoms with van der Waals surface area (Å²) in [5.74, 6) is -0.226. The Hall–Kier alpha value is -2.60. The summed E-state index contributed by atoms with van der Waals surface area (Å²) >= 11 is 1.52. The molecule has 1 aromatic heterocycles. The third kappa shape index (κ3) is 5.41. The van der Waals surface area contributed by atoms with Gasteiger partial charge in [-0.15, -0.1) is 11.3 Å². The predicted molar refractivity (Wildman–Crippen MR) is 86.3 cm³/mol. The lowest BCUT2D eigenvalue weighted by Crippen LogP contribution is -2.43. The molecule has 2 rings (SSSR count). The van der Waals surface area contributed by atoms with Crippen LogP contribution in [-0.4, -0.2) is 18.4 Å². The number of ether oxygens (including phenoxy) is 1. The predicted octanol–water partition coefficient (Wildman–Crippen LogP) is 2.30. The van der Waals surface area contributed by atoms with Gasteiger partial charge >= 0.3 is 0 Å². The van der Waals surface area contributed by atoms with E-state index in [0.29, 0.717) is 5.75 Å². The molecular weight excluding hydrogens is 300 g/mol. The molecule has 0 aliphatic rings. The molecule has 2 aromatic rings. The first kappa shape index (κ1) is 15.8. The highest BCUT2D eigenvalue weighted by Crippen LogP contribution is 2.12. The Morgan fingerprint density at radius 1 is 1.23 bits per heavy atom. The van der Waals surface area contributed by atoms with Crippen LogP contribution in [0.15, 0.2) is 47.9 Å². The number of aryl methyl sites for hydroxylation is 1. The molecule has 1 aromatic carbocycles. The van der Waals surface area contributed by atoms with Gasteiger partial charge in [-0.05, 0) is 42.1 Å². The Morgan fingerprint density at radius 2 is 2.09 bits per heavy atom. The normalized spacial score (nSPS) is 10.4. The Morgan fingerprint density at radius 3 is 2.82 bits per heavy atom. The Bertz CT molecular complexity index is 666. The zero-order valence-electron chi connectivity index (χ0n) is 12.0. The van der Waals surface area contributed by atoms with Crippen molar-refractivity contribution in [1.82, 2.24) is 10.9 Å². The summed E-state index contributed by atoms with van der Waals surface area (Å²) in [5.41, 5.74) is 5.62. The molecule has 0 bridgehead atoms. The molecule has 0 aliphatic heterocycles. The second kappa shape index (κ2) is 7.99. The van der Waals surface area contributed by atoms with Crippen molar-refractivity contribution in [2.75, 3.05) is 6.61 Å². The van der Waals surface area contributed by atoms with Crippen LogP contribution in [0, 0.1) is 6.92 Å². The zero-order valence-corrected chi connectivity index (χ0v) is 12.9. The molecular formula is C16H16N2O3S. The summed E-state index contributed by atoms with van der Waals surface area (Å²) in [6.45, 7) is 1.77. The summed E-state index contributed by atoms with van der Waals surface area (Å²) in [6.07, 6.45) is 3.03. The number of amides is 2. The number of nitrogens with one attached hydrogen (secondary N) is 2. The number of hydrogen-bond donors (Lipinski definition) is 2. The third-order valence-corrected chi connectivity index (χ3v) is 3.46. The Kier molecular flexibility index (Phi) is 5.73. The maximum atomic E-state index is 11.6. The van der Waals surface area contributed by atoms with Crippen molar-refractivity contribution in [2.24, 2.45) is 0 Å². The van der Waals surface area contributed by atoms with Gasteiger partial charge in [-0.2, -0.15) is 0 Å². The van der Waals surface area contributed by atoms with Crippen LogP contribution in [-0.2, 0) is 9.59 Å². The monoisotopic (exact) mass is 316 g/mol. The van der Waals surface area contributed by atoms with Crippen molar-refractivity contribution in [1.29, 1.82) is 0 Å². The summed E-state index contributed by atoms with van der Waals surface area (Å²) in [5, 5.41) is 1.92. The van der Waals surface area contributed by atoms with Crippen molar-refractivity contribution < 1.29 is 14.3 Å². The van der Waals surface area contributed by atoms with E-state index >= 15 is 0 Å². The minimum atomic E-state index is -0.431. The molecule has 6 heteroatoms. The minimum Gasteiger partial charge on any atom is -0.484 e. The highest BCUT2D eigenvalue weighted by Gasteiger charge is 2.04. The lowest BCUT2D eigenvalue weighted by atomic mass is 10.2. The molecule has 2 amide bonds. The van der Waals surface area contributed by atoms with Crippen molar-refractivity contribution in [3.8, 4) is 5.75 Å². The van der Waals surface area contributed by atoms with Gasteiger partial charge in [-0.3, -0.25) is 20.4 Å². The Labute approximate surface area is 132 Å². The fourth-order valence-corrected chi connectivity index (χ4v) is 2.23. The zero-order chi connectivity index (χ0) is 15.8. The number of hydrogen-bond acceptors (Lipinski definition) is 4. The first-order chi connectivity index (χ1) is 10.6. The van der Waals surface area contributed by atoms with Crippen LogP contribution in [0.25, 0.3) is 6.08 Å².